The summed E-state index contributed by atoms with van der Waals surface area (Å²) in [5.74, 6) is 0. The van der Waals surface area contributed by atoms with E-state index in [1.54, 1.807) is 11.3 Å². The molecule has 0 amide bonds. The molecule has 1 rings (SSSR count). The highest BCUT2D eigenvalue weighted by Gasteiger charge is 1.99. The molecule has 1 N–H and O–H groups in total. The van der Waals surface area contributed by atoms with Crippen LogP contribution >= 0.6 is 11.3 Å². The van der Waals surface area contributed by atoms with Crippen molar-refractivity contribution < 1.29 is 0 Å². The molecule has 0 fully saturated rings. The van der Waals surface area contributed by atoms with Gasteiger partial charge in [-0.3, -0.25) is 0 Å². The van der Waals surface area contributed by atoms with Gasteiger partial charge in [0.25, 0.3) is 0 Å². The normalized spacial score (nSPS) is 11.2. The monoisotopic (exact) mass is 227 g/mol. The highest BCUT2D eigenvalue weighted by molar-refractivity contribution is 7.09. The van der Waals surface area contributed by atoms with Crippen molar-refractivity contribution in [1.29, 1.82) is 0 Å². The van der Waals surface area contributed by atoms with Crippen molar-refractivity contribution in [1.82, 2.24) is 15.2 Å². The van der Waals surface area contributed by atoms with Gasteiger partial charge in [-0.15, -0.1) is 11.3 Å². The molecule has 0 spiro atoms. The van der Waals surface area contributed by atoms with E-state index >= 15 is 0 Å². The molecule has 0 aliphatic heterocycles. The van der Waals surface area contributed by atoms with Gasteiger partial charge in [-0.2, -0.15) is 0 Å². The molecule has 0 unspecified atom stereocenters. The molecule has 0 atom stereocenters. The van der Waals surface area contributed by atoms with Crippen LogP contribution in [0.15, 0.2) is 5.51 Å². The van der Waals surface area contributed by atoms with Crippen LogP contribution in [0.25, 0.3) is 0 Å². The summed E-state index contributed by atoms with van der Waals surface area (Å²) < 4.78 is 0. The second kappa shape index (κ2) is 6.93. The first-order valence-electron chi connectivity index (χ1n) is 5.44. The van der Waals surface area contributed by atoms with Gasteiger partial charge >= 0.3 is 0 Å². The van der Waals surface area contributed by atoms with Gasteiger partial charge < -0.3 is 10.2 Å². The van der Waals surface area contributed by atoms with Gasteiger partial charge in [-0.1, -0.05) is 0 Å². The zero-order chi connectivity index (χ0) is 11.1. The molecule has 1 aromatic heterocycles. The lowest BCUT2D eigenvalue weighted by molar-refractivity contribution is 0.395. The Balaban J connectivity index is 2.00. The van der Waals surface area contributed by atoms with Gasteiger partial charge in [0, 0.05) is 11.4 Å². The average Bonchev–Trinajstić information content (AvgIpc) is 2.57. The van der Waals surface area contributed by atoms with E-state index in [9.17, 15) is 0 Å². The fraction of sp³-hybridized carbons (Fsp3) is 0.727. The molecular weight excluding hydrogens is 206 g/mol. The fourth-order valence-electron chi connectivity index (χ4n) is 1.41. The van der Waals surface area contributed by atoms with Crippen molar-refractivity contribution in [2.24, 2.45) is 0 Å². The van der Waals surface area contributed by atoms with E-state index in [1.165, 1.54) is 17.0 Å². The maximum absolute atomic E-state index is 4.24. The maximum Gasteiger partial charge on any atom is 0.0797 e. The maximum atomic E-state index is 4.24. The predicted molar refractivity (Wildman–Crippen MR) is 66.6 cm³/mol. The number of hydrogen-bond acceptors (Lipinski definition) is 4. The minimum atomic E-state index is 1.07. The second-order valence-corrected chi connectivity index (χ2v) is 4.96. The predicted octanol–water partition coefficient (Wildman–Crippen LogP) is 1.54. The minimum absolute atomic E-state index is 1.07. The molecule has 0 radical (unpaired) electrons. The Bertz CT molecular complexity index is 271. The standard InChI is InChI=1S/C11H21N3S/c1-10-11(15-9-13-10)5-7-12-6-4-8-14(2)3/h9,12H,4-8H2,1-3H3. The van der Waals surface area contributed by atoms with Crippen molar-refractivity contribution in [2.45, 2.75) is 19.8 Å². The highest BCUT2D eigenvalue weighted by Crippen LogP contribution is 2.11. The zero-order valence-electron chi connectivity index (χ0n) is 9.92. The summed E-state index contributed by atoms with van der Waals surface area (Å²) in [6, 6.07) is 0. The topological polar surface area (TPSA) is 28.2 Å². The van der Waals surface area contributed by atoms with E-state index in [1.807, 2.05) is 5.51 Å². The van der Waals surface area contributed by atoms with Gasteiger partial charge in [0.1, 0.15) is 0 Å². The molecule has 0 saturated carbocycles. The smallest absolute Gasteiger partial charge is 0.0797 e. The summed E-state index contributed by atoms with van der Waals surface area (Å²) in [6.45, 7) is 5.41. The number of rotatable bonds is 7. The van der Waals surface area contributed by atoms with E-state index in [2.05, 4.69) is 36.2 Å². The lowest BCUT2D eigenvalue weighted by Gasteiger charge is -2.09. The van der Waals surface area contributed by atoms with Crippen LogP contribution in [-0.2, 0) is 6.42 Å². The van der Waals surface area contributed by atoms with E-state index < -0.39 is 0 Å². The van der Waals surface area contributed by atoms with Gasteiger partial charge in [0.05, 0.1) is 11.2 Å². The van der Waals surface area contributed by atoms with Crippen LogP contribution in [0.4, 0.5) is 0 Å². The van der Waals surface area contributed by atoms with Gasteiger partial charge in [0.2, 0.25) is 0 Å². The van der Waals surface area contributed by atoms with Crippen LogP contribution in [0.3, 0.4) is 0 Å². The quantitative estimate of drug-likeness (QED) is 0.716. The average molecular weight is 227 g/mol. The molecule has 0 saturated heterocycles. The minimum Gasteiger partial charge on any atom is -0.316 e. The number of hydrogen-bond donors (Lipinski definition) is 1. The van der Waals surface area contributed by atoms with E-state index in [0.29, 0.717) is 0 Å². The van der Waals surface area contributed by atoms with Crippen molar-refractivity contribution in [3.05, 3.63) is 16.1 Å². The molecule has 86 valence electrons. The summed E-state index contributed by atoms with van der Waals surface area (Å²) in [7, 11) is 4.22. The highest BCUT2D eigenvalue weighted by atomic mass is 32.1. The molecule has 0 aromatic carbocycles. The van der Waals surface area contributed by atoms with Crippen LogP contribution in [0.2, 0.25) is 0 Å². The lowest BCUT2D eigenvalue weighted by Crippen LogP contribution is -2.23. The Morgan fingerprint density at radius 3 is 2.80 bits per heavy atom. The van der Waals surface area contributed by atoms with Gasteiger partial charge in [0.15, 0.2) is 0 Å². The first-order chi connectivity index (χ1) is 7.20. The molecule has 1 heterocycles. The first kappa shape index (κ1) is 12.6. The summed E-state index contributed by atoms with van der Waals surface area (Å²) in [5, 5.41) is 3.46. The van der Waals surface area contributed by atoms with Crippen molar-refractivity contribution in [3.63, 3.8) is 0 Å². The van der Waals surface area contributed by atoms with Gasteiger partial charge in [-0.25, -0.2) is 4.98 Å². The molecule has 0 aliphatic rings. The lowest BCUT2D eigenvalue weighted by atomic mass is 10.3. The number of nitrogens with zero attached hydrogens (tertiary/aromatic N) is 2. The Morgan fingerprint density at radius 2 is 2.20 bits per heavy atom. The fourth-order valence-corrected chi connectivity index (χ4v) is 2.19. The molecule has 4 heteroatoms. The number of thiazole rings is 1. The Hall–Kier alpha value is -0.450. The van der Waals surface area contributed by atoms with E-state index in [0.717, 1.165) is 26.1 Å². The molecule has 15 heavy (non-hydrogen) atoms. The SMILES string of the molecule is Cc1ncsc1CCNCCCN(C)C. The molecule has 3 nitrogen and oxygen atoms in total. The molecule has 0 aliphatic carbocycles. The summed E-state index contributed by atoms with van der Waals surface area (Å²) >= 11 is 1.76. The molecular formula is C11H21N3S. The Morgan fingerprint density at radius 1 is 1.40 bits per heavy atom. The molecule has 0 bridgehead atoms. The summed E-state index contributed by atoms with van der Waals surface area (Å²) in [5.41, 5.74) is 3.12. The summed E-state index contributed by atoms with van der Waals surface area (Å²) in [6.07, 6.45) is 2.33. The van der Waals surface area contributed by atoms with Crippen LogP contribution in [-0.4, -0.2) is 43.6 Å². The molecule has 1 aromatic rings. The van der Waals surface area contributed by atoms with Crippen LogP contribution < -0.4 is 5.32 Å². The number of nitrogens with one attached hydrogen (secondary N) is 1. The largest absolute Gasteiger partial charge is 0.316 e. The van der Waals surface area contributed by atoms with Crippen LogP contribution in [0.5, 0.6) is 0 Å². The Kier molecular flexibility index (Phi) is 5.83. The van der Waals surface area contributed by atoms with Crippen molar-refractivity contribution >= 4 is 11.3 Å². The zero-order valence-corrected chi connectivity index (χ0v) is 10.7. The third kappa shape index (κ3) is 5.25. The van der Waals surface area contributed by atoms with Crippen molar-refractivity contribution in [3.8, 4) is 0 Å². The third-order valence-electron chi connectivity index (χ3n) is 2.33. The van der Waals surface area contributed by atoms with Crippen LogP contribution in [0.1, 0.15) is 17.0 Å². The van der Waals surface area contributed by atoms with Gasteiger partial charge in [-0.05, 0) is 47.0 Å². The summed E-state index contributed by atoms with van der Waals surface area (Å²) in [4.78, 5) is 7.87. The number of aromatic nitrogens is 1. The Labute approximate surface area is 96.5 Å². The second-order valence-electron chi connectivity index (χ2n) is 4.02. The third-order valence-corrected chi connectivity index (χ3v) is 3.33. The van der Waals surface area contributed by atoms with E-state index in [-0.39, 0.29) is 0 Å². The first-order valence-corrected chi connectivity index (χ1v) is 6.32. The van der Waals surface area contributed by atoms with Crippen molar-refractivity contribution in [2.75, 3.05) is 33.7 Å². The van der Waals surface area contributed by atoms with E-state index in [4.69, 9.17) is 0 Å². The van der Waals surface area contributed by atoms with Crippen LogP contribution in [0, 0.1) is 6.92 Å². The number of aryl methyl sites for hydroxylation is 1.